The van der Waals surface area contributed by atoms with Crippen LogP contribution >= 0.6 is 0 Å². The minimum Gasteiger partial charge on any atom is -0.309 e. The maximum absolute atomic E-state index is 4.48. The Bertz CT molecular complexity index is 2480. The summed E-state index contributed by atoms with van der Waals surface area (Å²) in [7, 11) is 0. The Balaban J connectivity index is 1.38. The van der Waals surface area contributed by atoms with Crippen LogP contribution in [0.25, 0.3) is 76.7 Å². The van der Waals surface area contributed by atoms with Crippen LogP contribution in [0.15, 0.2) is 110 Å². The van der Waals surface area contributed by atoms with Crippen molar-refractivity contribution in [2.24, 2.45) is 0 Å². The predicted octanol–water partition coefficient (Wildman–Crippen LogP) is 9.03. The van der Waals surface area contributed by atoms with Gasteiger partial charge in [-0.25, -0.2) is 0 Å². The van der Waals surface area contributed by atoms with Crippen molar-refractivity contribution < 1.29 is 0 Å². The Morgan fingerprint density at radius 1 is 0.537 bits per heavy atom. The standard InChI is InChI=1S/C37H24N4/c1-37(2)30-9-5-3-7-22(30)26-17-27-23-8-4-6-10-32(23)40(33(27)18-31(26)37)21-15-28-24-11-13-38-19-34(24)41-35-20-39-14-12-25(35)29(16-21)36(28)41/h3-20H,1-2H3. The maximum atomic E-state index is 4.48. The Hall–Kier alpha value is -5.22. The second kappa shape index (κ2) is 7.10. The topological polar surface area (TPSA) is 35.1 Å². The molecule has 0 fully saturated rings. The molecule has 0 amide bonds. The number of benzene rings is 4. The molecule has 1 aliphatic rings. The van der Waals surface area contributed by atoms with E-state index in [2.05, 4.69) is 118 Å². The SMILES string of the molecule is CC1(C)c2ccccc2-c2cc3c4ccccc4n(-c4cc5c6ccncc6n6c7cnccc7c(c4)c56)c3cc21. The molecule has 4 aromatic carbocycles. The highest BCUT2D eigenvalue weighted by Gasteiger charge is 2.36. The predicted molar refractivity (Wildman–Crippen MR) is 169 cm³/mol. The van der Waals surface area contributed by atoms with E-state index in [1.54, 1.807) is 0 Å². The van der Waals surface area contributed by atoms with Crippen LogP contribution in [0.2, 0.25) is 0 Å². The van der Waals surface area contributed by atoms with E-state index < -0.39 is 0 Å². The lowest BCUT2D eigenvalue weighted by molar-refractivity contribution is 0.661. The molecule has 0 unspecified atom stereocenters. The first-order chi connectivity index (χ1) is 20.1. The average Bonchev–Trinajstić information content (AvgIpc) is 3.70. The Labute approximate surface area is 235 Å². The van der Waals surface area contributed by atoms with Gasteiger partial charge in [0.15, 0.2) is 0 Å². The third-order valence-corrected chi connectivity index (χ3v) is 9.61. The zero-order chi connectivity index (χ0) is 27.0. The van der Waals surface area contributed by atoms with E-state index in [0.29, 0.717) is 0 Å². The van der Waals surface area contributed by atoms with Gasteiger partial charge < -0.3 is 8.97 Å². The van der Waals surface area contributed by atoms with Gasteiger partial charge in [-0.3, -0.25) is 9.97 Å². The highest BCUT2D eigenvalue weighted by molar-refractivity contribution is 6.24. The summed E-state index contributed by atoms with van der Waals surface area (Å²) in [5.74, 6) is 0. The van der Waals surface area contributed by atoms with Crippen molar-refractivity contribution in [3.05, 3.63) is 121 Å². The fourth-order valence-corrected chi connectivity index (χ4v) is 7.80. The van der Waals surface area contributed by atoms with Crippen molar-refractivity contribution in [3.63, 3.8) is 0 Å². The van der Waals surface area contributed by atoms with Gasteiger partial charge in [-0.15, -0.1) is 0 Å². The third-order valence-electron chi connectivity index (χ3n) is 9.61. The monoisotopic (exact) mass is 524 g/mol. The Morgan fingerprint density at radius 3 is 1.95 bits per heavy atom. The summed E-state index contributed by atoms with van der Waals surface area (Å²) in [5.41, 5.74) is 12.5. The number of pyridine rings is 2. The molecule has 41 heavy (non-hydrogen) atoms. The summed E-state index contributed by atoms with van der Waals surface area (Å²) in [6, 6.07) is 31.6. The molecule has 0 radical (unpaired) electrons. The smallest absolute Gasteiger partial charge is 0.0725 e. The number of para-hydroxylation sites is 1. The van der Waals surface area contributed by atoms with Crippen molar-refractivity contribution in [3.8, 4) is 16.8 Å². The van der Waals surface area contributed by atoms with Crippen LogP contribution in [0.3, 0.4) is 0 Å². The van der Waals surface area contributed by atoms with E-state index in [0.717, 1.165) is 11.0 Å². The van der Waals surface area contributed by atoms with Crippen molar-refractivity contribution in [1.29, 1.82) is 0 Å². The molecule has 0 atom stereocenters. The van der Waals surface area contributed by atoms with Crippen molar-refractivity contribution >= 4 is 59.9 Å². The second-order valence-corrected chi connectivity index (χ2v) is 11.9. The fourth-order valence-electron chi connectivity index (χ4n) is 7.80. The molecule has 192 valence electrons. The zero-order valence-electron chi connectivity index (χ0n) is 22.7. The first kappa shape index (κ1) is 21.6. The van der Waals surface area contributed by atoms with E-state index in [-0.39, 0.29) is 5.41 Å². The number of hydrogen-bond donors (Lipinski definition) is 0. The molecule has 1 aliphatic carbocycles. The summed E-state index contributed by atoms with van der Waals surface area (Å²) in [6.45, 7) is 4.72. The van der Waals surface area contributed by atoms with E-state index in [9.17, 15) is 0 Å². The minimum absolute atomic E-state index is 0.0637. The molecular weight excluding hydrogens is 500 g/mol. The van der Waals surface area contributed by atoms with E-state index in [1.165, 1.54) is 76.8 Å². The van der Waals surface area contributed by atoms with E-state index in [4.69, 9.17) is 0 Å². The highest BCUT2D eigenvalue weighted by Crippen LogP contribution is 2.51. The Kier molecular flexibility index (Phi) is 3.74. The molecule has 0 saturated heterocycles. The van der Waals surface area contributed by atoms with Crippen LogP contribution in [0.1, 0.15) is 25.0 Å². The summed E-state index contributed by atoms with van der Waals surface area (Å²) >= 11 is 0. The van der Waals surface area contributed by atoms with Crippen molar-refractivity contribution in [2.75, 3.05) is 0 Å². The van der Waals surface area contributed by atoms with Gasteiger partial charge in [0, 0.05) is 55.8 Å². The zero-order valence-corrected chi connectivity index (χ0v) is 22.7. The molecule has 4 heteroatoms. The van der Waals surface area contributed by atoms with Crippen LogP contribution in [-0.2, 0) is 5.41 Å². The molecule has 0 aliphatic heterocycles. The summed E-state index contributed by atoms with van der Waals surface area (Å²) in [5, 5.41) is 7.48. The number of rotatable bonds is 1. The van der Waals surface area contributed by atoms with Gasteiger partial charge in [0.05, 0.1) is 40.0 Å². The first-order valence-corrected chi connectivity index (χ1v) is 14.2. The summed E-state index contributed by atoms with van der Waals surface area (Å²) < 4.78 is 4.81. The Morgan fingerprint density at radius 2 is 1.20 bits per heavy atom. The largest absolute Gasteiger partial charge is 0.309 e. The quantitative estimate of drug-likeness (QED) is 0.215. The molecule has 0 saturated carbocycles. The molecule has 4 nitrogen and oxygen atoms in total. The molecule has 5 aromatic heterocycles. The molecule has 5 heterocycles. The molecule has 0 spiro atoms. The third kappa shape index (κ3) is 2.48. The van der Waals surface area contributed by atoms with Crippen molar-refractivity contribution in [1.82, 2.24) is 18.9 Å². The summed E-state index contributed by atoms with van der Waals surface area (Å²) in [4.78, 5) is 8.97. The van der Waals surface area contributed by atoms with Gasteiger partial charge in [0.2, 0.25) is 0 Å². The van der Waals surface area contributed by atoms with Crippen LogP contribution in [0.4, 0.5) is 0 Å². The van der Waals surface area contributed by atoms with Crippen molar-refractivity contribution in [2.45, 2.75) is 19.3 Å². The molecule has 9 aromatic rings. The number of hydrogen-bond acceptors (Lipinski definition) is 2. The van der Waals surface area contributed by atoms with E-state index >= 15 is 0 Å². The molecular formula is C37H24N4. The van der Waals surface area contributed by atoms with Gasteiger partial charge >= 0.3 is 0 Å². The van der Waals surface area contributed by atoms with E-state index in [1.807, 2.05) is 24.8 Å². The molecule has 0 bridgehead atoms. The summed E-state index contributed by atoms with van der Waals surface area (Å²) in [6.07, 6.45) is 7.75. The first-order valence-electron chi connectivity index (χ1n) is 14.2. The normalized spacial score (nSPS) is 14.3. The minimum atomic E-state index is -0.0637. The maximum Gasteiger partial charge on any atom is 0.0725 e. The van der Waals surface area contributed by atoms with Crippen LogP contribution in [0.5, 0.6) is 0 Å². The lowest BCUT2D eigenvalue weighted by atomic mass is 9.82. The van der Waals surface area contributed by atoms with Crippen LogP contribution in [-0.4, -0.2) is 18.9 Å². The van der Waals surface area contributed by atoms with Gasteiger partial charge in [-0.1, -0.05) is 56.3 Å². The van der Waals surface area contributed by atoms with Gasteiger partial charge in [0.25, 0.3) is 0 Å². The van der Waals surface area contributed by atoms with Crippen LogP contribution in [0, 0.1) is 0 Å². The lowest BCUT2D eigenvalue weighted by Crippen LogP contribution is -2.14. The number of fused-ring (bicyclic) bond motifs is 12. The van der Waals surface area contributed by atoms with Gasteiger partial charge in [-0.05, 0) is 64.7 Å². The second-order valence-electron chi connectivity index (χ2n) is 11.9. The fraction of sp³-hybridized carbons (Fsp3) is 0.0811. The lowest BCUT2D eigenvalue weighted by Gasteiger charge is -2.21. The number of nitrogens with zero attached hydrogens (tertiary/aromatic N) is 4. The van der Waals surface area contributed by atoms with Crippen LogP contribution < -0.4 is 0 Å². The highest BCUT2D eigenvalue weighted by atomic mass is 15.0. The number of aromatic nitrogens is 4. The molecule has 10 rings (SSSR count). The van der Waals surface area contributed by atoms with Gasteiger partial charge in [0.1, 0.15) is 0 Å². The van der Waals surface area contributed by atoms with Gasteiger partial charge in [-0.2, -0.15) is 0 Å². The average molecular weight is 525 g/mol. The molecule has 0 N–H and O–H groups in total.